The van der Waals surface area contributed by atoms with Gasteiger partial charge in [0.15, 0.2) is 17.2 Å². The lowest BCUT2D eigenvalue weighted by Gasteiger charge is -2.44. The molecule has 0 radical (unpaired) electrons. The Morgan fingerprint density at radius 3 is 2.31 bits per heavy atom. The fourth-order valence-electron chi connectivity index (χ4n) is 5.18. The van der Waals surface area contributed by atoms with Crippen molar-refractivity contribution in [3.63, 3.8) is 0 Å². The molecule has 3 atom stereocenters. The Hall–Kier alpha value is -2.11. The number of phenols is 2. The Kier molecular flexibility index (Phi) is 6.16. The maximum absolute atomic E-state index is 13.5. The van der Waals surface area contributed by atoms with E-state index in [4.69, 9.17) is 11.6 Å². The third-order valence-corrected chi connectivity index (χ3v) is 8.01. The van der Waals surface area contributed by atoms with Gasteiger partial charge in [0, 0.05) is 18.1 Å². The Balaban J connectivity index is 2.08. The van der Waals surface area contributed by atoms with Crippen molar-refractivity contribution >= 4 is 23.2 Å². The van der Waals surface area contributed by atoms with E-state index in [1.165, 1.54) is 12.5 Å². The highest BCUT2D eigenvalue weighted by Gasteiger charge is 2.61. The van der Waals surface area contributed by atoms with Crippen molar-refractivity contribution < 1.29 is 24.9 Å². The number of Topliss-reactive ketones (excluding diaryl/α,β-unsaturated/α-hetero) is 2. The van der Waals surface area contributed by atoms with E-state index in [1.54, 1.807) is 0 Å². The number of fused-ring (bicyclic) bond motifs is 1. The van der Waals surface area contributed by atoms with Crippen molar-refractivity contribution in [2.75, 3.05) is 0 Å². The zero-order chi connectivity index (χ0) is 24.2. The van der Waals surface area contributed by atoms with Crippen molar-refractivity contribution in [2.45, 2.75) is 77.7 Å². The Morgan fingerprint density at radius 2 is 1.75 bits per heavy atom. The van der Waals surface area contributed by atoms with Gasteiger partial charge < -0.3 is 15.3 Å². The normalized spacial score (nSPS) is 29.4. The van der Waals surface area contributed by atoms with Crippen LogP contribution in [0.1, 0.15) is 87.9 Å². The van der Waals surface area contributed by atoms with Gasteiger partial charge in [0.1, 0.15) is 16.4 Å². The summed E-state index contributed by atoms with van der Waals surface area (Å²) in [7, 11) is 0. The SMILES string of the molecule is CC1=CCCC(C)(C)C1CC(CC1(O)C(=O)c2cc(O)cc(O)c2C(=O)C1(C)Cl)=C(C)C. The summed E-state index contributed by atoms with van der Waals surface area (Å²) in [6.07, 6.45) is 4.87. The summed E-state index contributed by atoms with van der Waals surface area (Å²) in [6, 6.07) is 2.09. The first kappa shape index (κ1) is 24.5. The van der Waals surface area contributed by atoms with Crippen LogP contribution in [0.2, 0.25) is 0 Å². The van der Waals surface area contributed by atoms with Gasteiger partial charge in [-0.2, -0.15) is 0 Å². The number of carbonyl (C=O) groups is 2. The number of aliphatic hydroxyl groups is 1. The van der Waals surface area contributed by atoms with Gasteiger partial charge in [0.25, 0.3) is 0 Å². The van der Waals surface area contributed by atoms with Crippen LogP contribution in [0.4, 0.5) is 0 Å². The highest BCUT2D eigenvalue weighted by atomic mass is 35.5. The Labute approximate surface area is 194 Å². The van der Waals surface area contributed by atoms with Gasteiger partial charge in [0.05, 0.1) is 5.56 Å². The zero-order valence-electron chi connectivity index (χ0n) is 19.7. The van der Waals surface area contributed by atoms with Gasteiger partial charge in [-0.15, -0.1) is 11.6 Å². The average Bonchev–Trinajstić information content (AvgIpc) is 2.66. The topological polar surface area (TPSA) is 94.8 Å². The first-order valence-corrected chi connectivity index (χ1v) is 11.4. The van der Waals surface area contributed by atoms with Gasteiger partial charge in [-0.3, -0.25) is 9.59 Å². The molecule has 0 aliphatic heterocycles. The highest BCUT2D eigenvalue weighted by Crippen LogP contribution is 2.50. The van der Waals surface area contributed by atoms with Crippen LogP contribution in [-0.4, -0.2) is 37.4 Å². The van der Waals surface area contributed by atoms with E-state index in [0.717, 1.165) is 36.1 Å². The lowest BCUT2D eigenvalue weighted by Crippen LogP contribution is -2.62. The molecule has 0 aromatic heterocycles. The molecule has 3 rings (SSSR count). The molecule has 6 heteroatoms. The Bertz CT molecular complexity index is 1040. The van der Waals surface area contributed by atoms with E-state index in [9.17, 15) is 24.9 Å². The number of halogens is 1. The summed E-state index contributed by atoms with van der Waals surface area (Å²) in [5.74, 6) is -2.17. The number of allylic oxidation sites excluding steroid dienone is 3. The van der Waals surface area contributed by atoms with E-state index < -0.39 is 27.8 Å². The van der Waals surface area contributed by atoms with Gasteiger partial charge in [-0.1, -0.05) is 36.6 Å². The second-order valence-electron chi connectivity index (χ2n) is 10.4. The number of hydrogen-bond donors (Lipinski definition) is 3. The minimum absolute atomic E-state index is 0.0585. The maximum atomic E-state index is 13.5. The third kappa shape index (κ3) is 3.80. The van der Waals surface area contributed by atoms with Crippen LogP contribution in [0.25, 0.3) is 0 Å². The van der Waals surface area contributed by atoms with E-state index in [-0.39, 0.29) is 34.6 Å². The van der Waals surface area contributed by atoms with Crippen molar-refractivity contribution in [1.29, 1.82) is 0 Å². The summed E-state index contributed by atoms with van der Waals surface area (Å²) >= 11 is 6.61. The predicted octanol–water partition coefficient (Wildman–Crippen LogP) is 5.70. The molecular formula is C26H33ClO5. The summed E-state index contributed by atoms with van der Waals surface area (Å²) < 4.78 is 0. The fourth-order valence-corrected chi connectivity index (χ4v) is 5.43. The number of aromatic hydroxyl groups is 2. The first-order chi connectivity index (χ1) is 14.6. The number of phenolic OH excluding ortho intramolecular Hbond substituents is 2. The molecule has 0 spiro atoms. The second-order valence-corrected chi connectivity index (χ2v) is 11.2. The summed E-state index contributed by atoms with van der Waals surface area (Å²) in [5.41, 5.74) is 0.485. The lowest BCUT2D eigenvalue weighted by atomic mass is 9.63. The van der Waals surface area contributed by atoms with Crippen LogP contribution < -0.4 is 0 Å². The van der Waals surface area contributed by atoms with Crippen molar-refractivity contribution in [1.82, 2.24) is 0 Å². The molecule has 0 amide bonds. The molecule has 0 bridgehead atoms. The van der Waals surface area contributed by atoms with Crippen LogP contribution >= 0.6 is 11.6 Å². The van der Waals surface area contributed by atoms with Crippen LogP contribution in [0, 0.1) is 11.3 Å². The van der Waals surface area contributed by atoms with Gasteiger partial charge in [-0.25, -0.2) is 0 Å². The number of carbonyl (C=O) groups excluding carboxylic acids is 2. The molecule has 2 aliphatic carbocycles. The second kappa shape index (κ2) is 8.03. The molecule has 3 N–H and O–H groups in total. The molecule has 1 aromatic rings. The quantitative estimate of drug-likeness (QED) is 0.395. The van der Waals surface area contributed by atoms with Crippen LogP contribution in [0.15, 0.2) is 34.9 Å². The molecule has 0 heterocycles. The molecule has 0 saturated carbocycles. The van der Waals surface area contributed by atoms with Crippen molar-refractivity contribution in [3.05, 3.63) is 46.1 Å². The van der Waals surface area contributed by atoms with E-state index in [0.29, 0.717) is 6.42 Å². The van der Waals surface area contributed by atoms with Gasteiger partial charge in [-0.05, 0) is 64.4 Å². The standard InChI is InChI=1S/C26H33ClO5/c1-14(2)16(10-19-15(3)8-7-9-24(19,4)5)13-26(32)22(30)18-11-17(28)12-20(29)21(18)23(31)25(26,6)27/h8,11-12,19,28-29,32H,7,9-10,13H2,1-6H3. The first-order valence-electron chi connectivity index (χ1n) is 11.0. The van der Waals surface area contributed by atoms with E-state index in [1.807, 2.05) is 13.8 Å². The van der Waals surface area contributed by atoms with Crippen LogP contribution in [0.5, 0.6) is 11.5 Å². The molecule has 174 valence electrons. The number of rotatable bonds is 4. The summed E-state index contributed by atoms with van der Waals surface area (Å²) in [5, 5.41) is 31.8. The third-order valence-electron chi connectivity index (χ3n) is 7.53. The number of hydrogen-bond acceptors (Lipinski definition) is 5. The predicted molar refractivity (Wildman–Crippen MR) is 126 cm³/mol. The summed E-state index contributed by atoms with van der Waals surface area (Å²) in [4.78, 5) is 24.7. The van der Waals surface area contributed by atoms with E-state index in [2.05, 4.69) is 26.8 Å². The van der Waals surface area contributed by atoms with E-state index >= 15 is 0 Å². The molecule has 1 aromatic carbocycles. The van der Waals surface area contributed by atoms with Gasteiger partial charge in [0.2, 0.25) is 0 Å². The number of alkyl halides is 1. The molecule has 2 aliphatic rings. The molecule has 0 fully saturated rings. The highest BCUT2D eigenvalue weighted by molar-refractivity contribution is 6.44. The zero-order valence-corrected chi connectivity index (χ0v) is 20.4. The average molecular weight is 461 g/mol. The smallest absolute Gasteiger partial charge is 0.197 e. The molecule has 5 nitrogen and oxygen atoms in total. The van der Waals surface area contributed by atoms with Crippen molar-refractivity contribution in [2.24, 2.45) is 11.3 Å². The monoisotopic (exact) mass is 460 g/mol. The largest absolute Gasteiger partial charge is 0.508 e. The maximum Gasteiger partial charge on any atom is 0.197 e. The fraction of sp³-hybridized carbons (Fsp3) is 0.538. The minimum atomic E-state index is -2.22. The molecule has 0 saturated heterocycles. The minimum Gasteiger partial charge on any atom is -0.508 e. The Morgan fingerprint density at radius 1 is 1.12 bits per heavy atom. The molecular weight excluding hydrogens is 428 g/mol. The van der Waals surface area contributed by atoms with Crippen LogP contribution in [-0.2, 0) is 0 Å². The van der Waals surface area contributed by atoms with Gasteiger partial charge >= 0.3 is 0 Å². The molecule has 32 heavy (non-hydrogen) atoms. The van der Waals surface area contributed by atoms with Crippen LogP contribution in [0.3, 0.4) is 0 Å². The van der Waals surface area contributed by atoms with Crippen molar-refractivity contribution in [3.8, 4) is 11.5 Å². The molecule has 3 unspecified atom stereocenters. The number of ketones is 2. The lowest BCUT2D eigenvalue weighted by molar-refractivity contribution is 0.00809. The number of benzene rings is 1. The summed E-state index contributed by atoms with van der Waals surface area (Å²) in [6.45, 7) is 11.8.